The molecule has 5 heteroatoms. The molecule has 0 fully saturated rings. The summed E-state index contributed by atoms with van der Waals surface area (Å²) in [5, 5.41) is 17.5. The number of aliphatic hydroxyl groups excluding tert-OH is 1. The van der Waals surface area contributed by atoms with Crippen LogP contribution in [0.25, 0.3) is 0 Å². The number of rotatable bonds is 4. The summed E-state index contributed by atoms with van der Waals surface area (Å²) in [7, 11) is 1.87. The Morgan fingerprint density at radius 3 is 2.82 bits per heavy atom. The third kappa shape index (κ3) is 2.73. The third-order valence-electron chi connectivity index (χ3n) is 2.70. The standard InChI is InChI=1S/C12H17N3OS/c1-4-9-5-10(15(3)14-9)11(16)6-12-13-8(2)7-17-12/h5,7,11,16H,4,6H2,1-3H3. The molecule has 0 saturated carbocycles. The Morgan fingerprint density at radius 2 is 2.29 bits per heavy atom. The quantitative estimate of drug-likeness (QED) is 0.904. The molecule has 0 aromatic carbocycles. The van der Waals surface area contributed by atoms with Gasteiger partial charge in [0.2, 0.25) is 0 Å². The van der Waals surface area contributed by atoms with Gasteiger partial charge < -0.3 is 5.11 Å². The molecule has 1 unspecified atom stereocenters. The zero-order chi connectivity index (χ0) is 12.4. The third-order valence-corrected chi connectivity index (χ3v) is 3.69. The molecule has 0 saturated heterocycles. The molecule has 2 rings (SSSR count). The van der Waals surface area contributed by atoms with E-state index in [0.717, 1.165) is 28.5 Å². The molecule has 2 aromatic rings. The Hall–Kier alpha value is -1.20. The van der Waals surface area contributed by atoms with Crippen molar-refractivity contribution < 1.29 is 5.11 Å². The Balaban J connectivity index is 2.13. The number of aryl methyl sites for hydroxylation is 3. The van der Waals surface area contributed by atoms with Crippen LogP contribution in [0.15, 0.2) is 11.4 Å². The van der Waals surface area contributed by atoms with E-state index in [2.05, 4.69) is 17.0 Å². The van der Waals surface area contributed by atoms with Crippen LogP contribution in [0.1, 0.15) is 35.1 Å². The molecule has 0 aliphatic carbocycles. The van der Waals surface area contributed by atoms with Crippen LogP contribution in [0.3, 0.4) is 0 Å². The average Bonchev–Trinajstić information content (AvgIpc) is 2.85. The number of thiazole rings is 1. The summed E-state index contributed by atoms with van der Waals surface area (Å²) in [6, 6.07) is 1.96. The maximum Gasteiger partial charge on any atom is 0.102 e. The predicted octanol–water partition coefficient (Wildman–Crippen LogP) is 2.02. The van der Waals surface area contributed by atoms with Gasteiger partial charge in [0.25, 0.3) is 0 Å². The highest BCUT2D eigenvalue weighted by Crippen LogP contribution is 2.21. The second-order valence-corrected chi connectivity index (χ2v) is 5.08. The average molecular weight is 251 g/mol. The van der Waals surface area contributed by atoms with Gasteiger partial charge in [-0.25, -0.2) is 4.98 Å². The van der Waals surface area contributed by atoms with Gasteiger partial charge in [-0.1, -0.05) is 6.92 Å². The van der Waals surface area contributed by atoms with Crippen molar-refractivity contribution in [2.45, 2.75) is 32.8 Å². The Morgan fingerprint density at radius 1 is 1.53 bits per heavy atom. The minimum Gasteiger partial charge on any atom is -0.386 e. The molecular weight excluding hydrogens is 234 g/mol. The molecule has 92 valence electrons. The molecule has 4 nitrogen and oxygen atoms in total. The molecule has 0 bridgehead atoms. The van der Waals surface area contributed by atoms with E-state index in [0.29, 0.717) is 6.42 Å². The number of hydrogen-bond acceptors (Lipinski definition) is 4. The first kappa shape index (κ1) is 12.3. The van der Waals surface area contributed by atoms with E-state index in [-0.39, 0.29) is 0 Å². The Kier molecular flexibility index (Phi) is 3.59. The highest BCUT2D eigenvalue weighted by atomic mass is 32.1. The molecule has 1 N–H and O–H groups in total. The van der Waals surface area contributed by atoms with E-state index in [9.17, 15) is 5.11 Å². The summed E-state index contributed by atoms with van der Waals surface area (Å²) in [5.41, 5.74) is 2.88. The summed E-state index contributed by atoms with van der Waals surface area (Å²) in [4.78, 5) is 4.36. The maximum absolute atomic E-state index is 10.2. The first-order valence-corrected chi connectivity index (χ1v) is 6.60. The van der Waals surface area contributed by atoms with Gasteiger partial charge >= 0.3 is 0 Å². The van der Waals surface area contributed by atoms with Crippen molar-refractivity contribution in [2.75, 3.05) is 0 Å². The summed E-state index contributed by atoms with van der Waals surface area (Å²) >= 11 is 1.59. The number of aromatic nitrogens is 3. The van der Waals surface area contributed by atoms with E-state index in [1.165, 1.54) is 0 Å². The normalized spacial score (nSPS) is 12.9. The summed E-state index contributed by atoms with van der Waals surface area (Å²) in [6.45, 7) is 4.02. The van der Waals surface area contributed by atoms with E-state index < -0.39 is 6.10 Å². The molecule has 0 amide bonds. The Labute approximate surface area is 105 Å². The SMILES string of the molecule is CCc1cc(C(O)Cc2nc(C)cs2)n(C)n1. The lowest BCUT2D eigenvalue weighted by Gasteiger charge is -2.08. The molecule has 2 aromatic heterocycles. The largest absolute Gasteiger partial charge is 0.386 e. The van der Waals surface area contributed by atoms with E-state index in [1.807, 2.05) is 25.4 Å². The van der Waals surface area contributed by atoms with Crippen molar-refractivity contribution in [1.29, 1.82) is 0 Å². The first-order chi connectivity index (χ1) is 8.10. The van der Waals surface area contributed by atoms with Crippen molar-refractivity contribution in [2.24, 2.45) is 7.05 Å². The lowest BCUT2D eigenvalue weighted by atomic mass is 10.1. The van der Waals surface area contributed by atoms with Crippen LogP contribution < -0.4 is 0 Å². The minimum absolute atomic E-state index is 0.529. The van der Waals surface area contributed by atoms with E-state index in [1.54, 1.807) is 16.0 Å². The van der Waals surface area contributed by atoms with Crippen molar-refractivity contribution >= 4 is 11.3 Å². The summed E-state index contributed by atoms with van der Waals surface area (Å²) in [6.07, 6.45) is 0.913. The van der Waals surface area contributed by atoms with Crippen LogP contribution in [0.5, 0.6) is 0 Å². The van der Waals surface area contributed by atoms with E-state index in [4.69, 9.17) is 0 Å². The smallest absolute Gasteiger partial charge is 0.102 e. The second kappa shape index (κ2) is 4.98. The lowest BCUT2D eigenvalue weighted by molar-refractivity contribution is 0.168. The zero-order valence-corrected chi connectivity index (χ0v) is 11.2. The summed E-state index contributed by atoms with van der Waals surface area (Å²) in [5.74, 6) is 0. The first-order valence-electron chi connectivity index (χ1n) is 5.72. The molecule has 0 aliphatic heterocycles. The molecule has 0 spiro atoms. The van der Waals surface area contributed by atoms with Crippen LogP contribution in [-0.4, -0.2) is 19.9 Å². The van der Waals surface area contributed by atoms with E-state index >= 15 is 0 Å². The summed E-state index contributed by atoms with van der Waals surface area (Å²) < 4.78 is 1.75. The number of nitrogens with zero attached hydrogens (tertiary/aromatic N) is 3. The predicted molar refractivity (Wildman–Crippen MR) is 68.1 cm³/mol. The molecule has 0 aliphatic rings. The second-order valence-electron chi connectivity index (χ2n) is 4.14. The lowest BCUT2D eigenvalue weighted by Crippen LogP contribution is -2.07. The van der Waals surface area contributed by atoms with Crippen molar-refractivity contribution in [3.63, 3.8) is 0 Å². The fourth-order valence-electron chi connectivity index (χ4n) is 1.79. The molecule has 2 heterocycles. The van der Waals surface area contributed by atoms with Gasteiger partial charge in [-0.3, -0.25) is 4.68 Å². The molecule has 1 atom stereocenters. The zero-order valence-electron chi connectivity index (χ0n) is 10.3. The topological polar surface area (TPSA) is 50.9 Å². The van der Waals surface area contributed by atoms with Crippen LogP contribution in [0, 0.1) is 6.92 Å². The maximum atomic E-state index is 10.2. The van der Waals surface area contributed by atoms with Gasteiger partial charge in [-0.05, 0) is 19.4 Å². The number of hydrogen-bond donors (Lipinski definition) is 1. The van der Waals surface area contributed by atoms with Crippen molar-refractivity contribution in [3.05, 3.63) is 33.5 Å². The van der Waals surface area contributed by atoms with Gasteiger partial charge in [-0.15, -0.1) is 11.3 Å². The van der Waals surface area contributed by atoms with Crippen LogP contribution in [-0.2, 0) is 19.9 Å². The van der Waals surface area contributed by atoms with Crippen LogP contribution >= 0.6 is 11.3 Å². The van der Waals surface area contributed by atoms with Crippen molar-refractivity contribution in [3.8, 4) is 0 Å². The van der Waals surface area contributed by atoms with Crippen molar-refractivity contribution in [1.82, 2.24) is 14.8 Å². The van der Waals surface area contributed by atoms with Gasteiger partial charge in [-0.2, -0.15) is 5.10 Å². The fourth-order valence-corrected chi connectivity index (χ4v) is 2.60. The number of aliphatic hydroxyl groups is 1. The molecule has 17 heavy (non-hydrogen) atoms. The Bertz CT molecular complexity index is 504. The van der Waals surface area contributed by atoms with Gasteiger partial charge in [0.05, 0.1) is 16.4 Å². The molecular formula is C12H17N3OS. The fraction of sp³-hybridized carbons (Fsp3) is 0.500. The molecule has 0 radical (unpaired) electrons. The highest BCUT2D eigenvalue weighted by Gasteiger charge is 2.15. The van der Waals surface area contributed by atoms with Gasteiger partial charge in [0.15, 0.2) is 0 Å². The monoisotopic (exact) mass is 251 g/mol. The van der Waals surface area contributed by atoms with Gasteiger partial charge in [0, 0.05) is 24.5 Å². The highest BCUT2D eigenvalue weighted by molar-refractivity contribution is 7.09. The minimum atomic E-state index is -0.529. The van der Waals surface area contributed by atoms with Crippen LogP contribution in [0.2, 0.25) is 0 Å². The van der Waals surface area contributed by atoms with Crippen LogP contribution in [0.4, 0.5) is 0 Å². The van der Waals surface area contributed by atoms with Gasteiger partial charge in [0.1, 0.15) is 6.10 Å².